The fourth-order valence-corrected chi connectivity index (χ4v) is 2.05. The van der Waals surface area contributed by atoms with Crippen LogP contribution in [0, 0.1) is 17.4 Å². The molecule has 0 aliphatic carbocycles. The smallest absolute Gasteiger partial charge is 0.389 e. The number of aromatic nitrogens is 1. The highest BCUT2D eigenvalue weighted by molar-refractivity contribution is 5.87. The van der Waals surface area contributed by atoms with Gasteiger partial charge in [-0.1, -0.05) is 11.3 Å². The molecule has 8 nitrogen and oxygen atoms in total. The second kappa shape index (κ2) is 7.51. The topological polar surface area (TPSA) is 151 Å². The minimum Gasteiger partial charge on any atom is -0.481 e. The Balaban J connectivity index is 3.15. The summed E-state index contributed by atoms with van der Waals surface area (Å²) >= 11 is 0. The molecule has 0 radical (unpaired) electrons. The summed E-state index contributed by atoms with van der Waals surface area (Å²) in [7, 11) is 0. The Hall–Kier alpha value is -2.72. The molecule has 0 spiro atoms. The summed E-state index contributed by atoms with van der Waals surface area (Å²) in [5.74, 6) is -5.09. The molecule has 0 aliphatic rings. The highest BCUT2D eigenvalue weighted by atomic mass is 19.4. The zero-order valence-corrected chi connectivity index (χ0v) is 11.8. The lowest BCUT2D eigenvalue weighted by molar-refractivity contribution is -0.166. The lowest BCUT2D eigenvalue weighted by Gasteiger charge is -2.24. The maximum absolute atomic E-state index is 12.6. The van der Waals surface area contributed by atoms with Crippen molar-refractivity contribution in [2.24, 2.45) is 27.9 Å². The summed E-state index contributed by atoms with van der Waals surface area (Å²) in [4.78, 5) is 15.0. The average molecular weight is 332 g/mol. The predicted octanol–water partition coefficient (Wildman–Crippen LogP) is 1.78. The molecule has 1 rings (SSSR count). The molecule has 2 atom stereocenters. The van der Waals surface area contributed by atoms with E-state index in [1.54, 1.807) is 0 Å². The van der Waals surface area contributed by atoms with Gasteiger partial charge >= 0.3 is 12.1 Å². The molecule has 0 aliphatic heterocycles. The van der Waals surface area contributed by atoms with Crippen LogP contribution >= 0.6 is 0 Å². The van der Waals surface area contributed by atoms with Crippen molar-refractivity contribution in [2.45, 2.75) is 19.0 Å². The number of hydrogen-bond acceptors (Lipinski definition) is 5. The maximum atomic E-state index is 12.6. The molecule has 0 bridgehead atoms. The first-order valence-corrected chi connectivity index (χ1v) is 6.33. The maximum Gasteiger partial charge on any atom is 0.389 e. The number of nitrogen functional groups attached to an aromatic ring is 1. The number of carboxylic acids is 1. The number of nitrogens with zero attached hydrogens (tertiary/aromatic N) is 3. The summed E-state index contributed by atoms with van der Waals surface area (Å²) in [6.45, 7) is 0. The van der Waals surface area contributed by atoms with E-state index in [1.165, 1.54) is 18.3 Å². The highest BCUT2D eigenvalue weighted by Gasteiger charge is 2.41. The number of hydrogen-bond donors (Lipinski definition) is 4. The molecule has 0 fully saturated rings. The van der Waals surface area contributed by atoms with Gasteiger partial charge < -0.3 is 16.6 Å². The Kier molecular flexibility index (Phi) is 5.99. The van der Waals surface area contributed by atoms with E-state index in [-0.39, 0.29) is 12.2 Å². The van der Waals surface area contributed by atoms with Crippen molar-refractivity contribution < 1.29 is 23.1 Å². The van der Waals surface area contributed by atoms with Crippen molar-refractivity contribution in [3.05, 3.63) is 23.9 Å². The first-order chi connectivity index (χ1) is 10.6. The molecular weight excluding hydrogens is 317 g/mol. The Labute approximate surface area is 128 Å². The van der Waals surface area contributed by atoms with Crippen molar-refractivity contribution in [3.8, 4) is 0 Å². The summed E-state index contributed by atoms with van der Waals surface area (Å²) in [6.07, 6.45) is -5.13. The quantitative estimate of drug-likeness (QED) is 0.260. The number of carbonyl (C=O) groups is 1. The van der Waals surface area contributed by atoms with Crippen LogP contribution in [-0.2, 0) is 11.2 Å². The summed E-state index contributed by atoms with van der Waals surface area (Å²) < 4.78 is 37.9. The van der Waals surface area contributed by atoms with E-state index in [4.69, 9.17) is 22.1 Å². The van der Waals surface area contributed by atoms with Crippen LogP contribution in [0.4, 0.5) is 19.0 Å². The van der Waals surface area contributed by atoms with Crippen molar-refractivity contribution >= 4 is 17.6 Å². The van der Waals surface area contributed by atoms with Crippen molar-refractivity contribution in [2.75, 3.05) is 5.73 Å². The van der Waals surface area contributed by atoms with Crippen molar-refractivity contribution in [3.63, 3.8) is 0 Å². The van der Waals surface area contributed by atoms with Crippen LogP contribution in [0.25, 0.3) is 0 Å². The zero-order valence-electron chi connectivity index (χ0n) is 11.8. The third-order valence-electron chi connectivity index (χ3n) is 3.10. The molecule has 23 heavy (non-hydrogen) atoms. The van der Waals surface area contributed by atoms with Gasteiger partial charge in [0, 0.05) is 12.1 Å². The third-order valence-corrected chi connectivity index (χ3v) is 3.10. The van der Waals surface area contributed by atoms with Gasteiger partial charge in [-0.3, -0.25) is 4.79 Å². The number of alkyl halides is 3. The number of halogens is 3. The van der Waals surface area contributed by atoms with Gasteiger partial charge in [0.15, 0.2) is 0 Å². The number of rotatable bonds is 7. The molecule has 1 aromatic heterocycles. The van der Waals surface area contributed by atoms with Crippen LogP contribution in [0.5, 0.6) is 0 Å². The van der Waals surface area contributed by atoms with E-state index < -0.39 is 36.2 Å². The molecule has 0 amide bonds. The van der Waals surface area contributed by atoms with E-state index in [0.717, 1.165) is 0 Å². The van der Waals surface area contributed by atoms with E-state index in [2.05, 4.69) is 15.3 Å². The molecular formula is C12H15F3N6O2. The lowest BCUT2D eigenvalue weighted by atomic mass is 9.84. The molecule has 2 unspecified atom stereocenters. The Morgan fingerprint density at radius 2 is 2.04 bits per heavy atom. The van der Waals surface area contributed by atoms with Crippen LogP contribution in [-0.4, -0.2) is 28.1 Å². The third kappa shape index (κ3) is 5.88. The van der Waals surface area contributed by atoms with E-state index >= 15 is 0 Å². The monoisotopic (exact) mass is 332 g/mol. The van der Waals surface area contributed by atoms with Crippen LogP contribution < -0.4 is 11.5 Å². The number of amidine groups is 1. The number of aliphatic carboxylic acids is 1. The van der Waals surface area contributed by atoms with Gasteiger partial charge in [-0.25, -0.2) is 4.98 Å². The van der Waals surface area contributed by atoms with E-state index in [1.807, 2.05) is 0 Å². The first kappa shape index (κ1) is 18.3. The Morgan fingerprint density at radius 3 is 2.48 bits per heavy atom. The number of nitrogens with two attached hydrogens (primary N) is 2. The standard InChI is InChI=1S/C12H15F3N6O2/c13-12(14,15)4-8(11(22)23)7(10(17)20-21-18)3-6-1-2-9(16)19-5-6/h1-2,5,7-8H,3-4H2,(H2,16,19)(H,22,23)(H3,17,18,20). The minimum absolute atomic E-state index is 0.162. The Bertz CT molecular complexity index is 587. The predicted molar refractivity (Wildman–Crippen MR) is 74.4 cm³/mol. The molecule has 0 aromatic carbocycles. The molecule has 126 valence electrons. The number of carboxylic acid groups (broad SMARTS) is 1. The second-order valence-corrected chi connectivity index (χ2v) is 4.79. The SMILES string of the molecule is N=NN=C(N)C(Cc1ccc(N)nc1)C(CC(F)(F)F)C(=O)O. The molecule has 11 heteroatoms. The summed E-state index contributed by atoms with van der Waals surface area (Å²) in [5.41, 5.74) is 18.0. The van der Waals surface area contributed by atoms with E-state index in [9.17, 15) is 18.0 Å². The first-order valence-electron chi connectivity index (χ1n) is 6.33. The fraction of sp³-hybridized carbons (Fsp3) is 0.417. The second-order valence-electron chi connectivity index (χ2n) is 4.79. The lowest BCUT2D eigenvalue weighted by Crippen LogP contribution is -2.38. The zero-order chi connectivity index (χ0) is 17.6. The van der Waals surface area contributed by atoms with Crippen molar-refractivity contribution in [1.29, 1.82) is 5.53 Å². The van der Waals surface area contributed by atoms with Crippen molar-refractivity contribution in [1.82, 2.24) is 4.98 Å². The van der Waals surface area contributed by atoms with Crippen LogP contribution in [0.1, 0.15) is 12.0 Å². The fourth-order valence-electron chi connectivity index (χ4n) is 2.05. The van der Waals surface area contributed by atoms with Gasteiger partial charge in [0.05, 0.1) is 12.3 Å². The Morgan fingerprint density at radius 1 is 1.39 bits per heavy atom. The van der Waals surface area contributed by atoms with Crippen LogP contribution in [0.3, 0.4) is 0 Å². The van der Waals surface area contributed by atoms with Gasteiger partial charge in [-0.15, -0.1) is 5.10 Å². The van der Waals surface area contributed by atoms with Gasteiger partial charge in [-0.05, 0) is 18.1 Å². The highest BCUT2D eigenvalue weighted by Crippen LogP contribution is 2.31. The van der Waals surface area contributed by atoms with Crippen LogP contribution in [0.2, 0.25) is 0 Å². The van der Waals surface area contributed by atoms with Gasteiger partial charge in [0.25, 0.3) is 0 Å². The van der Waals surface area contributed by atoms with Gasteiger partial charge in [0.1, 0.15) is 11.7 Å². The minimum atomic E-state index is -4.70. The molecule has 0 saturated carbocycles. The average Bonchev–Trinajstić information content (AvgIpc) is 2.43. The molecule has 1 aromatic rings. The molecule has 1 heterocycles. The number of nitrogens with one attached hydrogen (secondary N) is 1. The normalized spacial score (nSPS) is 15.0. The molecule has 0 saturated heterocycles. The van der Waals surface area contributed by atoms with Gasteiger partial charge in [0.2, 0.25) is 0 Å². The van der Waals surface area contributed by atoms with Crippen LogP contribution in [0.15, 0.2) is 28.7 Å². The summed E-state index contributed by atoms with van der Waals surface area (Å²) in [5, 5.41) is 15.0. The largest absolute Gasteiger partial charge is 0.481 e. The number of pyridine rings is 1. The number of anilines is 1. The summed E-state index contributed by atoms with van der Waals surface area (Å²) in [6, 6.07) is 2.92. The van der Waals surface area contributed by atoms with Gasteiger partial charge in [-0.2, -0.15) is 18.7 Å². The molecule has 6 N–H and O–H groups in total. The van der Waals surface area contributed by atoms with E-state index in [0.29, 0.717) is 5.56 Å².